The molecule has 0 N–H and O–H groups in total. The van der Waals surface area contributed by atoms with E-state index in [2.05, 4.69) is 17.2 Å². The molecule has 3 heteroatoms. The highest BCUT2D eigenvalue weighted by atomic mass is 16.5. The highest BCUT2D eigenvalue weighted by Gasteiger charge is 2.21. The third-order valence-corrected chi connectivity index (χ3v) is 3.08. The molecule has 16 heavy (non-hydrogen) atoms. The Morgan fingerprint density at radius 1 is 1.56 bits per heavy atom. The fourth-order valence-electron chi connectivity index (χ4n) is 2.27. The molecule has 1 aromatic rings. The zero-order chi connectivity index (χ0) is 11.4. The minimum atomic E-state index is 0.558. The molecule has 1 saturated heterocycles. The summed E-state index contributed by atoms with van der Waals surface area (Å²) in [6.45, 7) is 1.71. The summed E-state index contributed by atoms with van der Waals surface area (Å²) >= 11 is 0. The maximum Gasteiger partial charge on any atom is 0.0689 e. The minimum absolute atomic E-state index is 0.558. The molecule has 1 fully saturated rings. The van der Waals surface area contributed by atoms with Crippen LogP contribution < -0.4 is 0 Å². The summed E-state index contributed by atoms with van der Waals surface area (Å²) < 4.78 is 7.28. The summed E-state index contributed by atoms with van der Waals surface area (Å²) in [4.78, 5) is 0. The molecule has 2 rings (SSSR count). The Bertz CT molecular complexity index is 383. The SMILES string of the molecule is C#CCCc1cn(C)nc1C1CCOCC1. The van der Waals surface area contributed by atoms with Crippen LogP contribution in [-0.2, 0) is 18.2 Å². The molecule has 0 atom stereocenters. The third kappa shape index (κ3) is 2.45. The van der Waals surface area contributed by atoms with Gasteiger partial charge in [0.05, 0.1) is 5.69 Å². The van der Waals surface area contributed by atoms with Gasteiger partial charge in [0.15, 0.2) is 0 Å². The van der Waals surface area contributed by atoms with Gasteiger partial charge in [-0.05, 0) is 24.8 Å². The second kappa shape index (κ2) is 5.18. The van der Waals surface area contributed by atoms with Crippen LogP contribution in [0.5, 0.6) is 0 Å². The van der Waals surface area contributed by atoms with E-state index in [0.29, 0.717) is 5.92 Å². The number of aromatic nitrogens is 2. The van der Waals surface area contributed by atoms with Crippen LogP contribution in [0.25, 0.3) is 0 Å². The first-order valence-corrected chi connectivity index (χ1v) is 5.85. The second-order valence-corrected chi connectivity index (χ2v) is 4.30. The van der Waals surface area contributed by atoms with Crippen molar-refractivity contribution in [2.75, 3.05) is 13.2 Å². The van der Waals surface area contributed by atoms with Crippen LogP contribution in [0.15, 0.2) is 6.20 Å². The average Bonchev–Trinajstić information content (AvgIpc) is 2.69. The van der Waals surface area contributed by atoms with Crippen molar-refractivity contribution in [1.82, 2.24) is 9.78 Å². The largest absolute Gasteiger partial charge is 0.381 e. The van der Waals surface area contributed by atoms with E-state index in [1.807, 2.05) is 11.7 Å². The number of hydrogen-bond acceptors (Lipinski definition) is 2. The molecule has 0 unspecified atom stereocenters. The number of rotatable bonds is 3. The standard InChI is InChI=1S/C13H18N2O/c1-3-4-5-12-10-15(2)14-13(12)11-6-8-16-9-7-11/h1,10-11H,4-9H2,2H3. The lowest BCUT2D eigenvalue weighted by Gasteiger charge is -2.21. The van der Waals surface area contributed by atoms with Gasteiger partial charge in [-0.3, -0.25) is 4.68 Å². The van der Waals surface area contributed by atoms with Crippen LogP contribution in [-0.4, -0.2) is 23.0 Å². The van der Waals surface area contributed by atoms with Gasteiger partial charge >= 0.3 is 0 Å². The Hall–Kier alpha value is -1.27. The number of ether oxygens (including phenoxy) is 1. The minimum Gasteiger partial charge on any atom is -0.381 e. The maximum atomic E-state index is 5.38. The Morgan fingerprint density at radius 3 is 3.00 bits per heavy atom. The van der Waals surface area contributed by atoms with E-state index in [9.17, 15) is 0 Å². The van der Waals surface area contributed by atoms with Crippen LogP contribution in [0.1, 0.15) is 36.4 Å². The lowest BCUT2D eigenvalue weighted by atomic mass is 9.93. The molecule has 0 aromatic carbocycles. The van der Waals surface area contributed by atoms with Crippen LogP contribution in [0.2, 0.25) is 0 Å². The van der Waals surface area contributed by atoms with Gasteiger partial charge in [0.25, 0.3) is 0 Å². The van der Waals surface area contributed by atoms with Crippen LogP contribution in [0.3, 0.4) is 0 Å². The quantitative estimate of drug-likeness (QED) is 0.724. The summed E-state index contributed by atoms with van der Waals surface area (Å²) in [5.74, 6) is 3.25. The van der Waals surface area contributed by atoms with Gasteiger partial charge in [-0.2, -0.15) is 5.10 Å². The molecule has 0 bridgehead atoms. The highest BCUT2D eigenvalue weighted by molar-refractivity contribution is 5.22. The summed E-state index contributed by atoms with van der Waals surface area (Å²) in [5, 5.41) is 4.58. The molecule has 86 valence electrons. The fourth-order valence-corrected chi connectivity index (χ4v) is 2.27. The Kier molecular flexibility index (Phi) is 3.63. The molecule has 1 aromatic heterocycles. The van der Waals surface area contributed by atoms with Crippen molar-refractivity contribution in [3.8, 4) is 12.3 Å². The Balaban J connectivity index is 2.14. The number of nitrogens with zero attached hydrogens (tertiary/aromatic N) is 2. The van der Waals surface area contributed by atoms with Gasteiger partial charge in [0.1, 0.15) is 0 Å². The molecule has 0 saturated carbocycles. The smallest absolute Gasteiger partial charge is 0.0689 e. The van der Waals surface area contributed by atoms with E-state index < -0.39 is 0 Å². The molecular weight excluding hydrogens is 200 g/mol. The monoisotopic (exact) mass is 218 g/mol. The predicted molar refractivity (Wildman–Crippen MR) is 63.2 cm³/mol. The number of hydrogen-bond donors (Lipinski definition) is 0. The fraction of sp³-hybridized carbons (Fsp3) is 0.615. The number of terminal acetylenes is 1. The molecule has 2 heterocycles. The zero-order valence-corrected chi connectivity index (χ0v) is 9.78. The van der Waals surface area contributed by atoms with E-state index in [-0.39, 0.29) is 0 Å². The molecule has 0 aliphatic carbocycles. The lowest BCUT2D eigenvalue weighted by molar-refractivity contribution is 0.0842. The third-order valence-electron chi connectivity index (χ3n) is 3.08. The number of aryl methyl sites for hydroxylation is 2. The van der Waals surface area contributed by atoms with Crippen molar-refractivity contribution in [2.24, 2.45) is 7.05 Å². The first-order chi connectivity index (χ1) is 7.81. The van der Waals surface area contributed by atoms with E-state index in [1.165, 1.54) is 11.3 Å². The molecule has 0 radical (unpaired) electrons. The molecular formula is C13H18N2O. The Morgan fingerprint density at radius 2 is 2.31 bits per heavy atom. The van der Waals surface area contributed by atoms with Crippen molar-refractivity contribution >= 4 is 0 Å². The van der Waals surface area contributed by atoms with E-state index in [4.69, 9.17) is 11.2 Å². The van der Waals surface area contributed by atoms with E-state index in [1.54, 1.807) is 0 Å². The van der Waals surface area contributed by atoms with Gasteiger partial charge in [0, 0.05) is 38.8 Å². The van der Waals surface area contributed by atoms with Crippen molar-refractivity contribution < 1.29 is 4.74 Å². The van der Waals surface area contributed by atoms with E-state index >= 15 is 0 Å². The molecule has 1 aliphatic heterocycles. The van der Waals surface area contributed by atoms with Gasteiger partial charge in [-0.15, -0.1) is 12.3 Å². The van der Waals surface area contributed by atoms with Gasteiger partial charge < -0.3 is 4.74 Å². The summed E-state index contributed by atoms with van der Waals surface area (Å²) in [6, 6.07) is 0. The lowest BCUT2D eigenvalue weighted by Crippen LogP contribution is -2.15. The van der Waals surface area contributed by atoms with Crippen molar-refractivity contribution in [2.45, 2.75) is 31.6 Å². The topological polar surface area (TPSA) is 27.1 Å². The average molecular weight is 218 g/mol. The molecule has 0 amide bonds. The maximum absolute atomic E-state index is 5.38. The predicted octanol–water partition coefficient (Wildman–Crippen LogP) is 1.88. The summed E-state index contributed by atoms with van der Waals surface area (Å²) in [7, 11) is 1.97. The van der Waals surface area contributed by atoms with Crippen molar-refractivity contribution in [3.63, 3.8) is 0 Å². The summed E-state index contributed by atoms with van der Waals surface area (Å²) in [6.07, 6.45) is 11.3. The van der Waals surface area contributed by atoms with E-state index in [0.717, 1.165) is 38.9 Å². The first kappa shape index (κ1) is 11.2. The second-order valence-electron chi connectivity index (χ2n) is 4.30. The van der Waals surface area contributed by atoms with Crippen LogP contribution in [0, 0.1) is 12.3 Å². The Labute approximate surface area is 96.8 Å². The molecule has 1 aliphatic rings. The van der Waals surface area contributed by atoms with Crippen molar-refractivity contribution in [1.29, 1.82) is 0 Å². The zero-order valence-electron chi connectivity index (χ0n) is 9.78. The normalized spacial score (nSPS) is 17.2. The van der Waals surface area contributed by atoms with Gasteiger partial charge in [0.2, 0.25) is 0 Å². The van der Waals surface area contributed by atoms with Crippen molar-refractivity contribution in [3.05, 3.63) is 17.5 Å². The van der Waals surface area contributed by atoms with Crippen LogP contribution >= 0.6 is 0 Å². The van der Waals surface area contributed by atoms with Gasteiger partial charge in [-0.25, -0.2) is 0 Å². The molecule has 0 spiro atoms. The summed E-state index contributed by atoms with van der Waals surface area (Å²) in [5.41, 5.74) is 2.55. The molecule has 3 nitrogen and oxygen atoms in total. The highest BCUT2D eigenvalue weighted by Crippen LogP contribution is 2.28. The first-order valence-electron chi connectivity index (χ1n) is 5.85. The van der Waals surface area contributed by atoms with Crippen LogP contribution in [0.4, 0.5) is 0 Å². The van der Waals surface area contributed by atoms with Gasteiger partial charge in [-0.1, -0.05) is 0 Å².